The van der Waals surface area contributed by atoms with Crippen LogP contribution in [0.3, 0.4) is 0 Å². The Morgan fingerprint density at radius 3 is 2.29 bits per heavy atom. The average molecular weight is 389 g/mol. The zero-order valence-corrected chi connectivity index (χ0v) is 17.5. The summed E-state index contributed by atoms with van der Waals surface area (Å²) in [7, 11) is 0. The Hall–Kier alpha value is -1.84. The van der Waals surface area contributed by atoms with Crippen LogP contribution in [0.2, 0.25) is 0 Å². The van der Waals surface area contributed by atoms with Crippen LogP contribution in [0.1, 0.15) is 83.6 Å². The van der Waals surface area contributed by atoms with Crippen LogP contribution in [0, 0.1) is 17.8 Å². The Balaban J connectivity index is 1.90. The molecule has 0 saturated heterocycles. The van der Waals surface area contributed by atoms with Gasteiger partial charge in [-0.3, -0.25) is 9.59 Å². The van der Waals surface area contributed by atoms with Gasteiger partial charge in [-0.25, -0.2) is 0 Å². The number of aryl methyl sites for hydroxylation is 1. The molecule has 28 heavy (non-hydrogen) atoms. The van der Waals surface area contributed by atoms with Crippen LogP contribution >= 0.6 is 0 Å². The van der Waals surface area contributed by atoms with Crippen LogP contribution < -0.4 is 4.74 Å². The number of benzene rings is 1. The molecule has 0 amide bonds. The van der Waals surface area contributed by atoms with E-state index in [2.05, 4.69) is 13.8 Å². The quantitative estimate of drug-likeness (QED) is 0.286. The molecule has 1 aromatic carbocycles. The lowest BCUT2D eigenvalue weighted by atomic mass is 9.72. The van der Waals surface area contributed by atoms with Crippen molar-refractivity contribution in [3.8, 4) is 5.75 Å². The second kappa shape index (κ2) is 11.9. The molecule has 0 aliphatic heterocycles. The van der Waals surface area contributed by atoms with Crippen LogP contribution in [-0.2, 0) is 16.0 Å². The van der Waals surface area contributed by atoms with Crippen LogP contribution in [0.5, 0.6) is 5.75 Å². The van der Waals surface area contributed by atoms with E-state index in [1.165, 1.54) is 31.2 Å². The molecule has 0 radical (unpaired) electrons. The summed E-state index contributed by atoms with van der Waals surface area (Å²) in [5.41, 5.74) is 1.24. The third kappa shape index (κ3) is 6.96. The summed E-state index contributed by atoms with van der Waals surface area (Å²) in [4.78, 5) is 24.4. The summed E-state index contributed by atoms with van der Waals surface area (Å²) in [6, 6.07) is 7.64. The van der Waals surface area contributed by atoms with Crippen molar-refractivity contribution >= 4 is 11.9 Å². The molecule has 1 aliphatic rings. The first-order chi connectivity index (χ1) is 13.5. The highest BCUT2D eigenvalue weighted by molar-refractivity contribution is 5.82. The molecule has 1 aliphatic carbocycles. The van der Waals surface area contributed by atoms with E-state index >= 15 is 0 Å². The van der Waals surface area contributed by atoms with Gasteiger partial charge >= 0.3 is 11.9 Å². The highest BCUT2D eigenvalue weighted by Gasteiger charge is 2.40. The summed E-state index contributed by atoms with van der Waals surface area (Å²) < 4.78 is 5.55. The second-order valence-electron chi connectivity index (χ2n) is 8.25. The minimum absolute atomic E-state index is 0.391. The maximum Gasteiger partial charge on any atom is 0.315 e. The number of aliphatic carboxylic acids is 1. The number of esters is 1. The highest BCUT2D eigenvalue weighted by atomic mass is 16.5. The summed E-state index contributed by atoms with van der Waals surface area (Å²) in [5, 5.41) is 9.64. The Labute approximate surface area is 169 Å². The number of unbranched alkanes of at least 4 members (excludes halogenated alkanes) is 4. The normalized spacial score (nSPS) is 22.0. The van der Waals surface area contributed by atoms with Crippen molar-refractivity contribution in [1.29, 1.82) is 0 Å². The van der Waals surface area contributed by atoms with E-state index in [-0.39, 0.29) is 0 Å². The molecule has 0 spiro atoms. The minimum Gasteiger partial charge on any atom is -0.481 e. The molecule has 3 atom stereocenters. The molecule has 4 heteroatoms. The Bertz CT molecular complexity index is 608. The fraction of sp³-hybridized carbons (Fsp3) is 0.667. The predicted molar refractivity (Wildman–Crippen MR) is 111 cm³/mol. The predicted octanol–water partition coefficient (Wildman–Crippen LogP) is 6.02. The topological polar surface area (TPSA) is 63.6 Å². The number of ether oxygens (including phenoxy) is 1. The molecule has 156 valence electrons. The van der Waals surface area contributed by atoms with E-state index < -0.39 is 23.8 Å². The number of rotatable bonds is 11. The third-order valence-corrected chi connectivity index (χ3v) is 6.01. The second-order valence-corrected chi connectivity index (χ2v) is 8.25. The van der Waals surface area contributed by atoms with E-state index in [9.17, 15) is 14.7 Å². The molecule has 4 nitrogen and oxygen atoms in total. The van der Waals surface area contributed by atoms with Crippen LogP contribution in [-0.4, -0.2) is 17.0 Å². The maximum absolute atomic E-state index is 12.7. The zero-order chi connectivity index (χ0) is 20.4. The van der Waals surface area contributed by atoms with Crippen molar-refractivity contribution < 1.29 is 19.4 Å². The first kappa shape index (κ1) is 22.4. The van der Waals surface area contributed by atoms with Gasteiger partial charge in [0.2, 0.25) is 0 Å². The van der Waals surface area contributed by atoms with Gasteiger partial charge in [0.1, 0.15) is 5.75 Å². The van der Waals surface area contributed by atoms with Crippen molar-refractivity contribution in [3.05, 3.63) is 29.8 Å². The van der Waals surface area contributed by atoms with E-state index in [1.54, 1.807) is 0 Å². The first-order valence-electron chi connectivity index (χ1n) is 11.1. The van der Waals surface area contributed by atoms with Crippen LogP contribution in [0.15, 0.2) is 24.3 Å². The highest BCUT2D eigenvalue weighted by Crippen LogP contribution is 2.37. The largest absolute Gasteiger partial charge is 0.481 e. The number of carboxylic acid groups (broad SMARTS) is 1. The Morgan fingerprint density at radius 1 is 0.964 bits per heavy atom. The first-order valence-corrected chi connectivity index (χ1v) is 11.1. The lowest BCUT2D eigenvalue weighted by Gasteiger charge is -2.32. The van der Waals surface area contributed by atoms with Crippen molar-refractivity contribution in [2.75, 3.05) is 0 Å². The van der Waals surface area contributed by atoms with Crippen molar-refractivity contribution in [2.45, 2.75) is 84.5 Å². The summed E-state index contributed by atoms with van der Waals surface area (Å²) in [6.45, 7) is 4.36. The van der Waals surface area contributed by atoms with Gasteiger partial charge in [-0.2, -0.15) is 0 Å². The van der Waals surface area contributed by atoms with Gasteiger partial charge in [-0.05, 0) is 55.7 Å². The van der Waals surface area contributed by atoms with Gasteiger partial charge in [0.05, 0.1) is 11.8 Å². The minimum atomic E-state index is -0.867. The van der Waals surface area contributed by atoms with Gasteiger partial charge in [0.25, 0.3) is 0 Å². The molecule has 0 bridgehead atoms. The molecule has 3 unspecified atom stereocenters. The molecular weight excluding hydrogens is 352 g/mol. The van der Waals surface area contributed by atoms with E-state index in [0.717, 1.165) is 32.1 Å². The number of carbonyl (C=O) groups excluding carboxylic acids is 1. The van der Waals surface area contributed by atoms with E-state index in [4.69, 9.17) is 4.74 Å². The summed E-state index contributed by atoms with van der Waals surface area (Å²) in [5.74, 6) is -1.49. The number of carbonyl (C=O) groups is 2. The Kier molecular flexibility index (Phi) is 9.52. The lowest BCUT2D eigenvalue weighted by Crippen LogP contribution is -2.37. The van der Waals surface area contributed by atoms with Gasteiger partial charge in [0, 0.05) is 0 Å². The van der Waals surface area contributed by atoms with Gasteiger partial charge < -0.3 is 9.84 Å². The summed E-state index contributed by atoms with van der Waals surface area (Å²) >= 11 is 0. The molecule has 1 aromatic rings. The number of hydrogen-bond acceptors (Lipinski definition) is 3. The molecule has 1 saturated carbocycles. The molecule has 1 fully saturated rings. The maximum atomic E-state index is 12.7. The van der Waals surface area contributed by atoms with Crippen LogP contribution in [0.25, 0.3) is 0 Å². The van der Waals surface area contributed by atoms with E-state index in [0.29, 0.717) is 24.5 Å². The number of hydrogen-bond donors (Lipinski definition) is 1. The molecule has 1 N–H and O–H groups in total. The lowest BCUT2D eigenvalue weighted by molar-refractivity contribution is -0.155. The SMILES string of the molecule is CCCCCc1ccc(OC(=O)C2CCC(CCCCC)CC2C(=O)O)cc1. The fourth-order valence-corrected chi connectivity index (χ4v) is 4.25. The average Bonchev–Trinajstić information content (AvgIpc) is 2.69. The monoisotopic (exact) mass is 388 g/mol. The standard InChI is InChI=1S/C24H36O4/c1-3-5-7-9-18-11-14-20(15-12-18)28-24(27)21-16-13-19(10-8-6-4-2)17-22(21)23(25)26/h11-12,14-15,19,21-22H,3-10,13,16-17H2,1-2H3,(H,25,26). The zero-order valence-electron chi connectivity index (χ0n) is 17.5. The molecule has 0 heterocycles. The smallest absolute Gasteiger partial charge is 0.315 e. The van der Waals surface area contributed by atoms with Crippen molar-refractivity contribution in [3.63, 3.8) is 0 Å². The fourth-order valence-electron chi connectivity index (χ4n) is 4.25. The molecule has 2 rings (SSSR count). The van der Waals surface area contributed by atoms with Crippen molar-refractivity contribution in [1.82, 2.24) is 0 Å². The van der Waals surface area contributed by atoms with E-state index in [1.807, 2.05) is 24.3 Å². The number of carboxylic acids is 1. The van der Waals surface area contributed by atoms with Gasteiger partial charge in [-0.1, -0.05) is 64.5 Å². The van der Waals surface area contributed by atoms with Gasteiger partial charge in [-0.15, -0.1) is 0 Å². The van der Waals surface area contributed by atoms with Crippen LogP contribution in [0.4, 0.5) is 0 Å². The molecular formula is C24H36O4. The van der Waals surface area contributed by atoms with Gasteiger partial charge in [0.15, 0.2) is 0 Å². The summed E-state index contributed by atoms with van der Waals surface area (Å²) in [6.07, 6.45) is 11.3. The third-order valence-electron chi connectivity index (χ3n) is 6.01. The Morgan fingerprint density at radius 2 is 1.64 bits per heavy atom. The van der Waals surface area contributed by atoms with Crippen molar-refractivity contribution in [2.24, 2.45) is 17.8 Å². The molecule has 0 aromatic heterocycles.